The summed E-state index contributed by atoms with van der Waals surface area (Å²) in [5, 5.41) is 15.5. The highest BCUT2D eigenvalue weighted by molar-refractivity contribution is 6.14. The Morgan fingerprint density at radius 1 is 1.05 bits per heavy atom. The maximum atomic E-state index is 13.5. The molecule has 0 aliphatic rings. The van der Waals surface area contributed by atoms with Crippen LogP contribution in [0.3, 0.4) is 0 Å². The van der Waals surface area contributed by atoms with Crippen LogP contribution in [0.1, 0.15) is 22.0 Å². The summed E-state index contributed by atoms with van der Waals surface area (Å²) < 4.78 is 32.8. The van der Waals surface area contributed by atoms with Gasteiger partial charge in [0.1, 0.15) is 28.7 Å². The molecule has 41 heavy (non-hydrogen) atoms. The quantitative estimate of drug-likeness (QED) is 0.152. The fourth-order valence-electron chi connectivity index (χ4n) is 4.14. The number of hydrogen-bond donors (Lipinski definition) is 3. The highest BCUT2D eigenvalue weighted by atomic mass is 19.1. The zero-order valence-corrected chi connectivity index (χ0v) is 22.1. The molecule has 0 bridgehead atoms. The number of carbonyl (C=O) groups excluding carboxylic acids is 3. The SMILES string of the molecule is CNC(=O)c1c(-c2ccc(F)cc2)oc2ccc(N(C)/C=C(\N=CC=O)C(=O)NC(CO)c3ccc(F)cc3)cc12. The number of amides is 2. The van der Waals surface area contributed by atoms with Crippen LogP contribution >= 0.6 is 0 Å². The molecule has 1 aromatic heterocycles. The number of aliphatic hydroxyl groups excluding tert-OH is 1. The second-order valence-corrected chi connectivity index (χ2v) is 8.87. The molecule has 0 aliphatic heterocycles. The third-order valence-corrected chi connectivity index (χ3v) is 6.22. The molecule has 210 valence electrons. The molecule has 11 heteroatoms. The van der Waals surface area contributed by atoms with E-state index in [1.54, 1.807) is 30.1 Å². The molecule has 0 aliphatic carbocycles. The number of furan rings is 1. The Balaban J connectivity index is 1.70. The van der Waals surface area contributed by atoms with Gasteiger partial charge in [-0.1, -0.05) is 12.1 Å². The number of rotatable bonds is 10. The Kier molecular flexibility index (Phi) is 9.00. The smallest absolute Gasteiger partial charge is 0.271 e. The van der Waals surface area contributed by atoms with Gasteiger partial charge in [-0.05, 0) is 60.2 Å². The first-order valence-electron chi connectivity index (χ1n) is 12.4. The third kappa shape index (κ3) is 6.53. The van der Waals surface area contributed by atoms with E-state index >= 15 is 0 Å². The number of nitrogens with zero attached hydrogens (tertiary/aromatic N) is 2. The molecule has 4 rings (SSSR count). The van der Waals surface area contributed by atoms with Gasteiger partial charge in [-0.3, -0.25) is 14.4 Å². The van der Waals surface area contributed by atoms with Crippen molar-refractivity contribution in [1.82, 2.24) is 10.6 Å². The van der Waals surface area contributed by atoms with E-state index in [0.29, 0.717) is 34.1 Å². The van der Waals surface area contributed by atoms with Crippen LogP contribution in [0.2, 0.25) is 0 Å². The Morgan fingerprint density at radius 3 is 2.32 bits per heavy atom. The first kappa shape index (κ1) is 28.8. The summed E-state index contributed by atoms with van der Waals surface area (Å²) in [6.45, 7) is -0.465. The summed E-state index contributed by atoms with van der Waals surface area (Å²) >= 11 is 0. The molecule has 0 fully saturated rings. The van der Waals surface area contributed by atoms with Gasteiger partial charge in [-0.25, -0.2) is 13.8 Å². The zero-order valence-electron chi connectivity index (χ0n) is 22.1. The molecule has 9 nitrogen and oxygen atoms in total. The van der Waals surface area contributed by atoms with Crippen molar-refractivity contribution in [1.29, 1.82) is 0 Å². The van der Waals surface area contributed by atoms with Crippen LogP contribution in [0.4, 0.5) is 14.5 Å². The van der Waals surface area contributed by atoms with Crippen LogP contribution in [0.5, 0.6) is 0 Å². The van der Waals surface area contributed by atoms with E-state index in [0.717, 1.165) is 6.21 Å². The average Bonchev–Trinajstić information content (AvgIpc) is 3.37. The number of aliphatic hydroxyl groups is 1. The topological polar surface area (TPSA) is 124 Å². The number of hydrogen-bond acceptors (Lipinski definition) is 7. The van der Waals surface area contributed by atoms with Crippen molar-refractivity contribution in [2.75, 3.05) is 25.6 Å². The fourth-order valence-corrected chi connectivity index (χ4v) is 4.14. The summed E-state index contributed by atoms with van der Waals surface area (Å²) in [6.07, 6.45) is 2.69. The van der Waals surface area contributed by atoms with Gasteiger partial charge >= 0.3 is 0 Å². The van der Waals surface area contributed by atoms with Gasteiger partial charge in [0.15, 0.2) is 6.29 Å². The molecule has 0 saturated heterocycles. The first-order valence-corrected chi connectivity index (χ1v) is 12.4. The molecule has 2 amide bonds. The number of aliphatic imine (C=N–C) groups is 1. The second kappa shape index (κ2) is 12.8. The van der Waals surface area contributed by atoms with E-state index in [-0.39, 0.29) is 17.0 Å². The van der Waals surface area contributed by atoms with Crippen LogP contribution in [-0.4, -0.2) is 50.1 Å². The van der Waals surface area contributed by atoms with Gasteiger partial charge in [0.25, 0.3) is 11.8 Å². The third-order valence-electron chi connectivity index (χ3n) is 6.22. The average molecular weight is 561 g/mol. The van der Waals surface area contributed by atoms with Crippen molar-refractivity contribution < 1.29 is 32.7 Å². The van der Waals surface area contributed by atoms with Crippen LogP contribution < -0.4 is 15.5 Å². The molecule has 1 unspecified atom stereocenters. The largest absolute Gasteiger partial charge is 0.455 e. The highest BCUT2D eigenvalue weighted by Gasteiger charge is 2.23. The van der Waals surface area contributed by atoms with E-state index < -0.39 is 36.1 Å². The molecule has 1 heterocycles. The van der Waals surface area contributed by atoms with Gasteiger partial charge in [0, 0.05) is 36.9 Å². The van der Waals surface area contributed by atoms with E-state index in [4.69, 9.17) is 4.42 Å². The Morgan fingerprint density at radius 2 is 1.71 bits per heavy atom. The summed E-state index contributed by atoms with van der Waals surface area (Å²) in [6, 6.07) is 15.0. The van der Waals surface area contributed by atoms with Gasteiger partial charge in [0.05, 0.1) is 24.4 Å². The molecule has 4 aromatic rings. The van der Waals surface area contributed by atoms with E-state index in [2.05, 4.69) is 15.6 Å². The molecule has 0 spiro atoms. The lowest BCUT2D eigenvalue weighted by atomic mass is 10.0. The lowest BCUT2D eigenvalue weighted by Crippen LogP contribution is -2.32. The monoisotopic (exact) mass is 560 g/mol. The molecule has 0 radical (unpaired) electrons. The summed E-state index contributed by atoms with van der Waals surface area (Å²) in [5.41, 5.74) is 2.02. The number of aldehydes is 1. The van der Waals surface area contributed by atoms with Crippen LogP contribution in [0, 0.1) is 11.6 Å². The predicted octanol–water partition coefficient (Wildman–Crippen LogP) is 4.13. The second-order valence-electron chi connectivity index (χ2n) is 8.87. The van der Waals surface area contributed by atoms with Gasteiger partial charge in [-0.2, -0.15) is 0 Å². The van der Waals surface area contributed by atoms with Crippen molar-refractivity contribution in [2.45, 2.75) is 6.04 Å². The molecular weight excluding hydrogens is 534 g/mol. The molecule has 1 atom stereocenters. The minimum atomic E-state index is -0.856. The van der Waals surface area contributed by atoms with Crippen molar-refractivity contribution in [3.05, 3.63) is 101 Å². The van der Waals surface area contributed by atoms with Crippen molar-refractivity contribution >= 4 is 41.0 Å². The summed E-state index contributed by atoms with van der Waals surface area (Å²) in [5.74, 6) is -1.74. The Bertz CT molecular complexity index is 1630. The van der Waals surface area contributed by atoms with Crippen LogP contribution in [0.15, 0.2) is 88.0 Å². The number of nitrogens with one attached hydrogen (secondary N) is 2. The van der Waals surface area contributed by atoms with Crippen molar-refractivity contribution in [3.8, 4) is 11.3 Å². The normalized spacial score (nSPS) is 12.4. The lowest BCUT2D eigenvalue weighted by Gasteiger charge is -2.19. The molecule has 3 aromatic carbocycles. The number of anilines is 1. The minimum absolute atomic E-state index is 0.161. The number of carbonyl (C=O) groups is 3. The van der Waals surface area contributed by atoms with E-state index in [9.17, 15) is 28.3 Å². The molecule has 0 saturated carbocycles. The Labute approximate surface area is 233 Å². The minimum Gasteiger partial charge on any atom is -0.455 e. The standard InChI is InChI=1S/C30H26F2N4O5/c1-33-30(40)27-23-15-22(11-12-26(23)41-28(27)19-5-9-21(32)10-6-19)36(2)16-24(34-13-14-37)29(39)35-25(17-38)18-3-7-20(31)8-4-18/h3-16,25,38H,17H2,1-2H3,(H,33,40)(H,35,39)/b24-16-,34-13?. The van der Waals surface area contributed by atoms with Gasteiger partial charge < -0.3 is 25.1 Å². The highest BCUT2D eigenvalue weighted by Crippen LogP contribution is 2.36. The van der Waals surface area contributed by atoms with Crippen molar-refractivity contribution in [3.63, 3.8) is 0 Å². The Hall–Kier alpha value is -5.16. The fraction of sp³-hybridized carbons (Fsp3) is 0.133. The maximum absolute atomic E-state index is 13.5. The van der Waals surface area contributed by atoms with Crippen LogP contribution in [-0.2, 0) is 9.59 Å². The van der Waals surface area contributed by atoms with Gasteiger partial charge in [-0.15, -0.1) is 0 Å². The lowest BCUT2D eigenvalue weighted by molar-refractivity contribution is -0.118. The van der Waals surface area contributed by atoms with Crippen LogP contribution in [0.25, 0.3) is 22.3 Å². The number of halogens is 2. The van der Waals surface area contributed by atoms with E-state index in [1.807, 2.05) is 0 Å². The van der Waals surface area contributed by atoms with Gasteiger partial charge in [0.2, 0.25) is 0 Å². The maximum Gasteiger partial charge on any atom is 0.271 e. The zero-order chi connectivity index (χ0) is 29.5. The summed E-state index contributed by atoms with van der Waals surface area (Å²) in [7, 11) is 3.12. The number of benzene rings is 3. The summed E-state index contributed by atoms with van der Waals surface area (Å²) in [4.78, 5) is 42.4. The molecule has 3 N–H and O–H groups in total. The molecular formula is C30H26F2N4O5. The predicted molar refractivity (Wildman–Crippen MR) is 150 cm³/mol. The van der Waals surface area contributed by atoms with Crippen molar-refractivity contribution in [2.24, 2.45) is 4.99 Å². The van der Waals surface area contributed by atoms with E-state index in [1.165, 1.54) is 61.8 Å². The first-order chi connectivity index (χ1) is 19.7. The number of fused-ring (bicyclic) bond motifs is 1.